The number of halogens is 1. The van der Waals surface area contributed by atoms with E-state index in [1.54, 1.807) is 0 Å². The van der Waals surface area contributed by atoms with E-state index < -0.39 is 0 Å². The Hall–Kier alpha value is 2.32. The second-order valence-electron chi connectivity index (χ2n) is 0. The Labute approximate surface area is 80.0 Å². The molecule has 0 radical (unpaired) electrons. The van der Waals surface area contributed by atoms with E-state index in [0.29, 0.717) is 0 Å². The molecular formula is H5AlCaFLi. The Kier molecular flexibility index (Phi) is 74.8. The smallest absolute Gasteiger partial charge is 1.00 e. The van der Waals surface area contributed by atoms with Gasteiger partial charge in [-0.15, -0.1) is 0 Å². The Morgan fingerprint density at radius 3 is 1.50 bits per heavy atom. The minimum Gasteiger partial charge on any atom is -1.00 e. The van der Waals surface area contributed by atoms with Crippen LogP contribution in [-0.4, -0.2) is 54.5 Å². The van der Waals surface area contributed by atoms with Gasteiger partial charge < -0.3 is 7.80 Å². The minimum absolute atomic E-state index is 0. The second kappa shape index (κ2) is 18.4. The molecule has 18 valence electrons. The monoisotopic (exact) mass is 98.0 g/mol. The number of hydrogen-bond donors (Lipinski definition) is 0. The molecule has 0 saturated heterocycles. The van der Waals surface area contributed by atoms with Gasteiger partial charge in [0.25, 0.3) is 0 Å². The van der Waals surface area contributed by atoms with Crippen molar-refractivity contribution < 1.29 is 26.7 Å². The predicted molar refractivity (Wildman–Crippen MR) is 18.7 cm³/mol. The van der Waals surface area contributed by atoms with Gasteiger partial charge in [-0.05, 0) is 0 Å². The fourth-order valence-corrected chi connectivity index (χ4v) is 0. The van der Waals surface area contributed by atoms with Gasteiger partial charge in [0.15, 0.2) is 0 Å². The molecule has 4 heavy (non-hydrogen) atoms. The van der Waals surface area contributed by atoms with Gasteiger partial charge in [-0.1, -0.05) is 0 Å². The van der Waals surface area contributed by atoms with E-state index in [-0.39, 0.29) is 77.6 Å². The summed E-state index contributed by atoms with van der Waals surface area (Å²) in [5.41, 5.74) is 0. The first-order chi connectivity index (χ1) is 1.00. The molecule has 0 N–H and O–H groups in total. The Morgan fingerprint density at radius 2 is 1.50 bits per heavy atom. The molecule has 0 nitrogen and oxygen atoms in total. The van der Waals surface area contributed by atoms with Crippen molar-refractivity contribution in [2.24, 2.45) is 0 Å². The molecule has 0 spiro atoms. The molecule has 0 unspecified atom stereocenters. The van der Waals surface area contributed by atoms with Crippen LogP contribution in [0.4, 0.5) is 3.52 Å². The summed E-state index contributed by atoms with van der Waals surface area (Å²) in [7, 11) is 0. The van der Waals surface area contributed by atoms with E-state index in [1.807, 2.05) is 0 Å². The van der Waals surface area contributed by atoms with Gasteiger partial charge in [0.2, 0.25) is 0 Å². The molecule has 0 aromatic heterocycles. The molecule has 4 heteroatoms. The minimum atomic E-state index is -0.194. The molecule has 0 atom stereocenters. The van der Waals surface area contributed by atoms with Crippen molar-refractivity contribution in [2.75, 3.05) is 0 Å². The van der Waals surface area contributed by atoms with E-state index in [9.17, 15) is 3.52 Å². The maximum absolute atomic E-state index is 9.64. The molecule has 0 aliphatic carbocycles. The Morgan fingerprint density at radius 1 is 1.50 bits per heavy atom. The molecule has 0 rings (SSSR count). The normalized spacial score (nSPS) is 1.25. The molecule has 0 heterocycles. The zero-order chi connectivity index (χ0) is 2.00. The molecule has 0 aromatic carbocycles. The summed E-state index contributed by atoms with van der Waals surface area (Å²) in [4.78, 5) is 0. The molecule has 0 fully saturated rings. The average molecular weight is 98.0 g/mol. The third-order valence-corrected chi connectivity index (χ3v) is 0. The summed E-state index contributed by atoms with van der Waals surface area (Å²) in [6.07, 6.45) is 0. The molecule has 0 saturated carbocycles. The molecule has 0 bridgehead atoms. The summed E-state index contributed by atoms with van der Waals surface area (Å²) >= 11 is -0.194. The van der Waals surface area contributed by atoms with Crippen LogP contribution in [0.3, 0.4) is 0 Å². The van der Waals surface area contributed by atoms with Crippen molar-refractivity contribution >= 4 is 54.5 Å². The summed E-state index contributed by atoms with van der Waals surface area (Å²) < 4.78 is 9.64. The van der Waals surface area contributed by atoms with Crippen LogP contribution in [0.5, 0.6) is 0 Å². The van der Waals surface area contributed by atoms with E-state index in [1.165, 1.54) is 0 Å². The van der Waals surface area contributed by atoms with Crippen molar-refractivity contribution in [3.05, 3.63) is 0 Å². The van der Waals surface area contributed by atoms with E-state index in [4.69, 9.17) is 0 Å². The van der Waals surface area contributed by atoms with Crippen LogP contribution in [-0.2, 0) is 0 Å². The first-order valence-electron chi connectivity index (χ1n) is 0.378. The SMILES string of the molecule is [Ca+2].[F][AlH2].[H-].[H-].[H-].[Li+]. The van der Waals surface area contributed by atoms with Gasteiger partial charge in [0, 0.05) is 0 Å². The maximum atomic E-state index is 9.64. The topological polar surface area (TPSA) is 0 Å². The average Bonchev–Trinajstić information content (AvgIpc) is 1.00. The second-order valence-corrected chi connectivity index (χ2v) is 0. The van der Waals surface area contributed by atoms with Crippen LogP contribution in [0.2, 0.25) is 0 Å². The van der Waals surface area contributed by atoms with Crippen LogP contribution >= 0.6 is 0 Å². The fourth-order valence-electron chi connectivity index (χ4n) is 0. The van der Waals surface area contributed by atoms with Crippen molar-refractivity contribution in [3.8, 4) is 0 Å². The van der Waals surface area contributed by atoms with Crippen LogP contribution in [0, 0.1) is 0 Å². The quantitative estimate of drug-likeness (QED) is 0.275. The van der Waals surface area contributed by atoms with Gasteiger partial charge in [-0.25, -0.2) is 0 Å². The van der Waals surface area contributed by atoms with Gasteiger partial charge in [0.05, 0.1) is 0 Å². The summed E-state index contributed by atoms with van der Waals surface area (Å²) in [5.74, 6) is 0. The van der Waals surface area contributed by atoms with Crippen LogP contribution < -0.4 is 18.9 Å². The fraction of sp³-hybridized carbons (Fsp3) is 0. The third-order valence-electron chi connectivity index (χ3n) is 0. The van der Waals surface area contributed by atoms with Crippen LogP contribution in [0.15, 0.2) is 0 Å². The number of rotatable bonds is 0. The van der Waals surface area contributed by atoms with Crippen molar-refractivity contribution in [2.45, 2.75) is 0 Å². The Balaban J connectivity index is -0.000000000500. The molecular weight excluding hydrogens is 93.0 g/mol. The zero-order valence-electron chi connectivity index (χ0n) is 6.09. The maximum Gasteiger partial charge on any atom is 2.00 e. The summed E-state index contributed by atoms with van der Waals surface area (Å²) in [5, 5.41) is 0. The van der Waals surface area contributed by atoms with Crippen molar-refractivity contribution in [3.63, 3.8) is 0 Å². The van der Waals surface area contributed by atoms with E-state index >= 15 is 0 Å². The summed E-state index contributed by atoms with van der Waals surface area (Å²) in [6.45, 7) is 0. The standard InChI is InChI=1S/Al.Ca.FH.Li.5H/h;;1H;;;;;;/q+1;+2;;+1;;;3*-1/p-1. The predicted octanol–water partition coefficient (Wildman–Crippen LogP) is -3.54. The zero-order valence-corrected chi connectivity index (χ0v) is 7.29. The van der Waals surface area contributed by atoms with Crippen LogP contribution in [0.25, 0.3) is 0 Å². The van der Waals surface area contributed by atoms with Crippen molar-refractivity contribution in [1.29, 1.82) is 0 Å². The Bertz CT molecular complexity index is 14.9. The van der Waals surface area contributed by atoms with Gasteiger partial charge in [-0.2, -0.15) is 0 Å². The first-order valence-corrected chi connectivity index (χ1v) is 1.13. The largest absolute Gasteiger partial charge is 2.00 e. The summed E-state index contributed by atoms with van der Waals surface area (Å²) in [6, 6.07) is 0. The van der Waals surface area contributed by atoms with Crippen LogP contribution in [0.1, 0.15) is 4.28 Å². The molecule has 0 aliphatic heterocycles. The first kappa shape index (κ1) is 16.2. The van der Waals surface area contributed by atoms with Gasteiger partial charge >= 0.3 is 73.3 Å². The van der Waals surface area contributed by atoms with E-state index in [2.05, 4.69) is 0 Å². The van der Waals surface area contributed by atoms with E-state index in [0.717, 1.165) is 0 Å². The third kappa shape index (κ3) is 8.85. The molecule has 0 aromatic rings. The van der Waals surface area contributed by atoms with Crippen molar-refractivity contribution in [1.82, 2.24) is 0 Å². The molecule has 0 aliphatic rings. The molecule has 0 amide bonds. The van der Waals surface area contributed by atoms with Gasteiger partial charge in [-0.3, -0.25) is 0 Å². The number of hydrogen-bond acceptors (Lipinski definition) is 0. The van der Waals surface area contributed by atoms with Gasteiger partial charge in [0.1, 0.15) is 0 Å².